The summed E-state index contributed by atoms with van der Waals surface area (Å²) in [4.78, 5) is 0. The molecule has 0 amide bonds. The lowest BCUT2D eigenvalue weighted by atomic mass is 10.2. The van der Waals surface area contributed by atoms with Crippen LogP contribution in [0.15, 0.2) is 24.4 Å². The zero-order valence-corrected chi connectivity index (χ0v) is 10.3. The minimum atomic E-state index is 0.560. The molecular weight excluding hydrogens is 245 g/mol. The molecule has 1 aromatic carbocycles. The van der Waals surface area contributed by atoms with E-state index in [9.17, 15) is 0 Å². The van der Waals surface area contributed by atoms with Crippen molar-refractivity contribution < 1.29 is 0 Å². The van der Waals surface area contributed by atoms with Crippen LogP contribution in [0.4, 0.5) is 5.69 Å². The molecule has 0 saturated heterocycles. The molecule has 0 saturated carbocycles. The quantitative estimate of drug-likeness (QED) is 0.895. The summed E-state index contributed by atoms with van der Waals surface area (Å²) >= 11 is 12.0. The molecule has 0 fully saturated rings. The van der Waals surface area contributed by atoms with Crippen LogP contribution in [-0.4, -0.2) is 9.78 Å². The van der Waals surface area contributed by atoms with Gasteiger partial charge >= 0.3 is 0 Å². The van der Waals surface area contributed by atoms with E-state index in [4.69, 9.17) is 28.9 Å². The Bertz CT molecular complexity index is 520. The summed E-state index contributed by atoms with van der Waals surface area (Å²) in [5.74, 6) is 0. The second kappa shape index (κ2) is 4.36. The Morgan fingerprint density at radius 3 is 2.75 bits per heavy atom. The first-order valence-corrected chi connectivity index (χ1v) is 5.67. The maximum absolute atomic E-state index is 6.12. The molecule has 2 rings (SSSR count). The average molecular weight is 256 g/mol. The van der Waals surface area contributed by atoms with Crippen LogP contribution in [0.2, 0.25) is 10.0 Å². The van der Waals surface area contributed by atoms with Gasteiger partial charge in [-0.1, -0.05) is 30.1 Å². The zero-order chi connectivity index (χ0) is 11.7. The molecule has 0 bridgehead atoms. The highest BCUT2D eigenvalue weighted by atomic mass is 35.5. The van der Waals surface area contributed by atoms with Gasteiger partial charge < -0.3 is 5.73 Å². The number of nitrogen functional groups attached to an aromatic ring is 1. The number of benzene rings is 1. The van der Waals surface area contributed by atoms with E-state index >= 15 is 0 Å². The van der Waals surface area contributed by atoms with E-state index in [0.717, 1.165) is 17.8 Å². The molecule has 0 spiro atoms. The highest BCUT2D eigenvalue weighted by Crippen LogP contribution is 2.26. The molecule has 0 atom stereocenters. The number of anilines is 1. The number of aromatic nitrogens is 2. The fourth-order valence-corrected chi connectivity index (χ4v) is 2.09. The van der Waals surface area contributed by atoms with Crippen LogP contribution in [0, 0.1) is 0 Å². The molecule has 0 unspecified atom stereocenters. The van der Waals surface area contributed by atoms with E-state index in [1.807, 2.05) is 13.0 Å². The summed E-state index contributed by atoms with van der Waals surface area (Å²) in [7, 11) is 0. The number of hydrogen-bond acceptors (Lipinski definition) is 2. The van der Waals surface area contributed by atoms with Gasteiger partial charge in [0.25, 0.3) is 0 Å². The van der Waals surface area contributed by atoms with Crippen molar-refractivity contribution in [2.75, 3.05) is 5.73 Å². The molecule has 84 valence electrons. The molecule has 3 nitrogen and oxygen atoms in total. The Labute approximate surface area is 104 Å². The van der Waals surface area contributed by atoms with Crippen molar-refractivity contribution in [2.45, 2.75) is 13.3 Å². The lowest BCUT2D eigenvalue weighted by Crippen LogP contribution is -2.03. The van der Waals surface area contributed by atoms with Gasteiger partial charge in [0, 0.05) is 5.02 Å². The molecule has 2 N–H and O–H groups in total. The van der Waals surface area contributed by atoms with Crippen molar-refractivity contribution >= 4 is 28.9 Å². The molecule has 0 aliphatic heterocycles. The summed E-state index contributed by atoms with van der Waals surface area (Å²) in [6, 6.07) is 5.30. The van der Waals surface area contributed by atoms with Gasteiger partial charge in [0.2, 0.25) is 0 Å². The van der Waals surface area contributed by atoms with Gasteiger partial charge in [-0.15, -0.1) is 0 Å². The highest BCUT2D eigenvalue weighted by Gasteiger charge is 2.11. The van der Waals surface area contributed by atoms with E-state index < -0.39 is 0 Å². The van der Waals surface area contributed by atoms with Gasteiger partial charge in [-0.2, -0.15) is 5.10 Å². The molecule has 0 aliphatic rings. The third kappa shape index (κ3) is 1.88. The van der Waals surface area contributed by atoms with Gasteiger partial charge in [0.15, 0.2) is 0 Å². The highest BCUT2D eigenvalue weighted by molar-refractivity contribution is 6.35. The van der Waals surface area contributed by atoms with Gasteiger partial charge in [0.1, 0.15) is 0 Å². The van der Waals surface area contributed by atoms with Gasteiger partial charge in [-0.3, -0.25) is 0 Å². The number of nitrogens with zero attached hydrogens (tertiary/aromatic N) is 2. The van der Waals surface area contributed by atoms with E-state index in [1.165, 1.54) is 0 Å². The van der Waals surface area contributed by atoms with Gasteiger partial charge in [0.05, 0.1) is 28.3 Å². The minimum absolute atomic E-state index is 0.560. The smallest absolute Gasteiger partial charge is 0.0836 e. The van der Waals surface area contributed by atoms with Crippen LogP contribution in [0.3, 0.4) is 0 Å². The number of nitrogens with two attached hydrogens (primary N) is 1. The lowest BCUT2D eigenvalue weighted by molar-refractivity contribution is 0.815. The van der Waals surface area contributed by atoms with Crippen LogP contribution in [0.5, 0.6) is 0 Å². The minimum Gasteiger partial charge on any atom is -0.396 e. The van der Waals surface area contributed by atoms with Crippen molar-refractivity contribution in [3.8, 4) is 5.69 Å². The predicted molar refractivity (Wildman–Crippen MR) is 67.4 cm³/mol. The van der Waals surface area contributed by atoms with Crippen molar-refractivity contribution in [1.29, 1.82) is 0 Å². The lowest BCUT2D eigenvalue weighted by Gasteiger charge is -2.08. The van der Waals surface area contributed by atoms with Crippen LogP contribution < -0.4 is 5.73 Å². The van der Waals surface area contributed by atoms with Crippen LogP contribution in [0.1, 0.15) is 12.6 Å². The standard InChI is InChI=1S/C11H11Cl2N3/c1-2-10-9(14)6-15-16(10)11-4-3-7(12)5-8(11)13/h3-6H,2,14H2,1H3. The number of halogens is 2. The first-order chi connectivity index (χ1) is 7.63. The second-order valence-corrected chi connectivity index (χ2v) is 4.25. The summed E-state index contributed by atoms with van der Waals surface area (Å²) < 4.78 is 1.74. The summed E-state index contributed by atoms with van der Waals surface area (Å²) in [5, 5.41) is 5.38. The molecule has 1 heterocycles. The van der Waals surface area contributed by atoms with Crippen molar-refractivity contribution in [2.24, 2.45) is 0 Å². The number of rotatable bonds is 2. The van der Waals surface area contributed by atoms with Crippen LogP contribution in [0.25, 0.3) is 5.69 Å². The van der Waals surface area contributed by atoms with Crippen LogP contribution >= 0.6 is 23.2 Å². The molecule has 0 aliphatic carbocycles. The molecule has 1 aromatic heterocycles. The average Bonchev–Trinajstić information content (AvgIpc) is 2.59. The van der Waals surface area contributed by atoms with E-state index in [1.54, 1.807) is 23.0 Å². The van der Waals surface area contributed by atoms with Gasteiger partial charge in [-0.05, 0) is 24.6 Å². The Hall–Kier alpha value is -1.19. The van der Waals surface area contributed by atoms with Crippen LogP contribution in [-0.2, 0) is 6.42 Å². The molecule has 16 heavy (non-hydrogen) atoms. The third-order valence-corrected chi connectivity index (χ3v) is 2.91. The van der Waals surface area contributed by atoms with Crippen molar-refractivity contribution in [1.82, 2.24) is 9.78 Å². The molecular formula is C11H11Cl2N3. The topological polar surface area (TPSA) is 43.8 Å². The maximum atomic E-state index is 6.12. The Morgan fingerprint density at radius 2 is 2.12 bits per heavy atom. The first-order valence-electron chi connectivity index (χ1n) is 4.91. The van der Waals surface area contributed by atoms with E-state index in [-0.39, 0.29) is 0 Å². The molecule has 5 heteroatoms. The summed E-state index contributed by atoms with van der Waals surface area (Å²) in [6.45, 7) is 2.02. The monoisotopic (exact) mass is 255 g/mol. The van der Waals surface area contributed by atoms with E-state index in [2.05, 4.69) is 5.10 Å². The van der Waals surface area contributed by atoms with E-state index in [0.29, 0.717) is 15.7 Å². The fraction of sp³-hybridized carbons (Fsp3) is 0.182. The fourth-order valence-electron chi connectivity index (χ4n) is 1.60. The number of hydrogen-bond donors (Lipinski definition) is 1. The Balaban J connectivity index is 2.58. The van der Waals surface area contributed by atoms with Crippen molar-refractivity contribution in [3.63, 3.8) is 0 Å². The zero-order valence-electron chi connectivity index (χ0n) is 8.74. The Kier molecular flexibility index (Phi) is 3.08. The largest absolute Gasteiger partial charge is 0.396 e. The predicted octanol–water partition coefficient (Wildman–Crippen LogP) is 3.32. The SMILES string of the molecule is CCc1c(N)cnn1-c1ccc(Cl)cc1Cl. The first kappa shape index (κ1) is 11.3. The molecule has 2 aromatic rings. The summed E-state index contributed by atoms with van der Waals surface area (Å²) in [5.41, 5.74) is 8.23. The normalized spacial score (nSPS) is 10.7. The third-order valence-electron chi connectivity index (χ3n) is 2.37. The molecule has 0 radical (unpaired) electrons. The van der Waals surface area contributed by atoms with Crippen molar-refractivity contribution in [3.05, 3.63) is 40.1 Å². The Morgan fingerprint density at radius 1 is 1.38 bits per heavy atom. The van der Waals surface area contributed by atoms with Gasteiger partial charge in [-0.25, -0.2) is 4.68 Å². The summed E-state index contributed by atoms with van der Waals surface area (Å²) in [6.07, 6.45) is 2.43. The second-order valence-electron chi connectivity index (χ2n) is 3.41. The maximum Gasteiger partial charge on any atom is 0.0836 e.